The van der Waals surface area contributed by atoms with Gasteiger partial charge in [0, 0.05) is 0 Å². The van der Waals surface area contributed by atoms with Crippen molar-refractivity contribution in [3.63, 3.8) is 0 Å². The highest BCUT2D eigenvalue weighted by Crippen LogP contribution is 2.19. The normalized spacial score (nSPS) is 17.3. The molecule has 0 amide bonds. The Labute approximate surface area is 91.9 Å². The van der Waals surface area contributed by atoms with E-state index in [2.05, 4.69) is 11.4 Å². The number of allylic oxidation sites excluding steroid dienone is 1. The number of carbonyl (C=O) groups is 1. The fraction of sp³-hybridized carbons (Fsp3) is 0.750. The second kappa shape index (κ2) is 6.62. The van der Waals surface area contributed by atoms with E-state index in [0.717, 1.165) is 19.4 Å². The van der Waals surface area contributed by atoms with Crippen LogP contribution in [0.5, 0.6) is 0 Å². The molecule has 3 nitrogen and oxygen atoms in total. The average Bonchev–Trinajstić information content (AvgIpc) is 2.76. The van der Waals surface area contributed by atoms with Gasteiger partial charge in [0.1, 0.15) is 6.04 Å². The molecule has 1 N–H and O–H groups in total. The second-order valence-electron chi connectivity index (χ2n) is 3.94. The van der Waals surface area contributed by atoms with E-state index < -0.39 is 0 Å². The first-order chi connectivity index (χ1) is 7.27. The van der Waals surface area contributed by atoms with E-state index in [9.17, 15) is 4.79 Å². The molecule has 0 saturated carbocycles. The zero-order chi connectivity index (χ0) is 11.1. The van der Waals surface area contributed by atoms with Crippen LogP contribution in [0, 0.1) is 0 Å². The maximum absolute atomic E-state index is 11.3. The molecule has 0 aromatic carbocycles. The van der Waals surface area contributed by atoms with Gasteiger partial charge in [-0.3, -0.25) is 4.79 Å². The van der Waals surface area contributed by atoms with Gasteiger partial charge >= 0.3 is 5.97 Å². The van der Waals surface area contributed by atoms with Crippen LogP contribution < -0.4 is 5.32 Å². The number of ether oxygens (including phenoxy) is 1. The van der Waals surface area contributed by atoms with E-state index in [-0.39, 0.29) is 12.0 Å². The third kappa shape index (κ3) is 4.04. The van der Waals surface area contributed by atoms with Gasteiger partial charge in [0.15, 0.2) is 0 Å². The highest BCUT2D eigenvalue weighted by atomic mass is 16.5. The largest absolute Gasteiger partial charge is 0.468 e. The highest BCUT2D eigenvalue weighted by molar-refractivity contribution is 5.75. The molecule has 86 valence electrons. The molecule has 15 heavy (non-hydrogen) atoms. The van der Waals surface area contributed by atoms with E-state index in [1.54, 1.807) is 0 Å². The van der Waals surface area contributed by atoms with Crippen molar-refractivity contribution in [3.05, 3.63) is 11.6 Å². The van der Waals surface area contributed by atoms with E-state index >= 15 is 0 Å². The van der Waals surface area contributed by atoms with Crippen molar-refractivity contribution in [1.29, 1.82) is 0 Å². The van der Waals surface area contributed by atoms with Gasteiger partial charge in [-0.25, -0.2) is 0 Å². The van der Waals surface area contributed by atoms with Crippen LogP contribution in [0.1, 0.15) is 39.0 Å². The monoisotopic (exact) mass is 211 g/mol. The third-order valence-electron chi connectivity index (χ3n) is 2.87. The molecular formula is C12H21NO2. The Morgan fingerprint density at radius 3 is 3.00 bits per heavy atom. The fourth-order valence-corrected chi connectivity index (χ4v) is 1.91. The molecule has 0 saturated heterocycles. The summed E-state index contributed by atoms with van der Waals surface area (Å²) in [5.41, 5.74) is 1.53. The minimum absolute atomic E-state index is 0.142. The smallest absolute Gasteiger partial charge is 0.322 e. The van der Waals surface area contributed by atoms with E-state index in [0.29, 0.717) is 0 Å². The van der Waals surface area contributed by atoms with Gasteiger partial charge in [0.2, 0.25) is 0 Å². The Morgan fingerprint density at radius 1 is 1.67 bits per heavy atom. The van der Waals surface area contributed by atoms with Crippen LogP contribution in [-0.4, -0.2) is 25.7 Å². The molecule has 0 radical (unpaired) electrons. The first-order valence-electron chi connectivity index (χ1n) is 5.77. The number of carbonyl (C=O) groups excluding carboxylic acids is 1. The van der Waals surface area contributed by atoms with Crippen molar-refractivity contribution in [1.82, 2.24) is 5.32 Å². The number of esters is 1. The molecule has 0 aromatic heterocycles. The number of nitrogens with one attached hydrogen (secondary N) is 1. The SMILES string of the molecule is CCC(NCCC1=CCCC1)C(=O)OC. The lowest BCUT2D eigenvalue weighted by Gasteiger charge is -2.14. The maximum atomic E-state index is 11.3. The van der Waals surface area contributed by atoms with Gasteiger partial charge in [0.05, 0.1) is 7.11 Å². The highest BCUT2D eigenvalue weighted by Gasteiger charge is 2.15. The van der Waals surface area contributed by atoms with Gasteiger partial charge < -0.3 is 10.1 Å². The molecule has 0 spiro atoms. The number of hydrogen-bond donors (Lipinski definition) is 1. The van der Waals surface area contributed by atoms with Crippen LogP contribution in [0.2, 0.25) is 0 Å². The van der Waals surface area contributed by atoms with Crippen LogP contribution in [-0.2, 0) is 9.53 Å². The first-order valence-corrected chi connectivity index (χ1v) is 5.77. The van der Waals surface area contributed by atoms with Crippen LogP contribution in [0.4, 0.5) is 0 Å². The van der Waals surface area contributed by atoms with Crippen molar-refractivity contribution in [3.8, 4) is 0 Å². The number of hydrogen-bond acceptors (Lipinski definition) is 3. The minimum atomic E-state index is -0.155. The number of rotatable bonds is 6. The molecule has 1 aliphatic carbocycles. The fourth-order valence-electron chi connectivity index (χ4n) is 1.91. The first kappa shape index (κ1) is 12.2. The summed E-state index contributed by atoms with van der Waals surface area (Å²) in [7, 11) is 1.44. The Hall–Kier alpha value is -0.830. The zero-order valence-corrected chi connectivity index (χ0v) is 9.71. The Kier molecular flexibility index (Phi) is 5.40. The summed E-state index contributed by atoms with van der Waals surface area (Å²) in [5, 5.41) is 3.23. The Balaban J connectivity index is 2.19. The summed E-state index contributed by atoms with van der Waals surface area (Å²) in [6, 6.07) is -0.142. The van der Waals surface area contributed by atoms with Crippen LogP contribution >= 0.6 is 0 Å². The summed E-state index contributed by atoms with van der Waals surface area (Å²) in [4.78, 5) is 11.3. The molecule has 0 fully saturated rings. The van der Waals surface area contributed by atoms with Crippen molar-refractivity contribution in [2.45, 2.75) is 45.1 Å². The molecular weight excluding hydrogens is 190 g/mol. The van der Waals surface area contributed by atoms with Gasteiger partial charge in [0.25, 0.3) is 0 Å². The molecule has 1 unspecified atom stereocenters. The van der Waals surface area contributed by atoms with Gasteiger partial charge in [-0.1, -0.05) is 18.6 Å². The van der Waals surface area contributed by atoms with Crippen LogP contribution in [0.3, 0.4) is 0 Å². The summed E-state index contributed by atoms with van der Waals surface area (Å²) < 4.78 is 4.71. The average molecular weight is 211 g/mol. The lowest BCUT2D eigenvalue weighted by atomic mass is 10.1. The Bertz CT molecular complexity index is 236. The topological polar surface area (TPSA) is 38.3 Å². The van der Waals surface area contributed by atoms with Gasteiger partial charge in [-0.05, 0) is 38.6 Å². The van der Waals surface area contributed by atoms with E-state index in [1.165, 1.54) is 31.9 Å². The second-order valence-corrected chi connectivity index (χ2v) is 3.94. The summed E-state index contributed by atoms with van der Waals surface area (Å²) in [5.74, 6) is -0.155. The lowest BCUT2D eigenvalue weighted by molar-refractivity contribution is -0.143. The summed E-state index contributed by atoms with van der Waals surface area (Å²) in [6.07, 6.45) is 7.92. The lowest BCUT2D eigenvalue weighted by Crippen LogP contribution is -2.37. The van der Waals surface area contributed by atoms with Crippen molar-refractivity contribution in [2.75, 3.05) is 13.7 Å². The van der Waals surface area contributed by atoms with E-state index in [1.807, 2.05) is 6.92 Å². The molecule has 0 heterocycles. The molecule has 1 aliphatic rings. The van der Waals surface area contributed by atoms with Crippen LogP contribution in [0.15, 0.2) is 11.6 Å². The number of methoxy groups -OCH3 is 1. The molecule has 1 rings (SSSR count). The summed E-state index contributed by atoms with van der Waals surface area (Å²) >= 11 is 0. The summed E-state index contributed by atoms with van der Waals surface area (Å²) in [6.45, 7) is 2.86. The van der Waals surface area contributed by atoms with E-state index in [4.69, 9.17) is 4.74 Å². The van der Waals surface area contributed by atoms with Crippen molar-refractivity contribution < 1.29 is 9.53 Å². The van der Waals surface area contributed by atoms with Crippen molar-refractivity contribution >= 4 is 5.97 Å². The molecule has 0 aromatic rings. The minimum Gasteiger partial charge on any atom is -0.468 e. The molecule has 0 aliphatic heterocycles. The predicted molar refractivity (Wildman–Crippen MR) is 60.6 cm³/mol. The molecule has 3 heteroatoms. The van der Waals surface area contributed by atoms with Crippen molar-refractivity contribution in [2.24, 2.45) is 0 Å². The molecule has 0 bridgehead atoms. The standard InChI is InChI=1S/C12H21NO2/c1-3-11(12(14)15-2)13-9-8-10-6-4-5-7-10/h6,11,13H,3-5,7-9H2,1-2H3. The van der Waals surface area contributed by atoms with Crippen LogP contribution in [0.25, 0.3) is 0 Å². The molecule has 1 atom stereocenters. The van der Waals surface area contributed by atoms with Gasteiger partial charge in [-0.2, -0.15) is 0 Å². The predicted octanol–water partition coefficient (Wildman–Crippen LogP) is 2.03. The third-order valence-corrected chi connectivity index (χ3v) is 2.87. The Morgan fingerprint density at radius 2 is 2.47 bits per heavy atom. The quantitative estimate of drug-likeness (QED) is 0.539. The van der Waals surface area contributed by atoms with Gasteiger partial charge in [-0.15, -0.1) is 0 Å². The maximum Gasteiger partial charge on any atom is 0.322 e. The zero-order valence-electron chi connectivity index (χ0n) is 9.71.